The predicted octanol–water partition coefficient (Wildman–Crippen LogP) is 2.58. The summed E-state index contributed by atoms with van der Waals surface area (Å²) >= 11 is 0. The third-order valence-corrected chi connectivity index (χ3v) is 0.903. The number of rotatable bonds is 0. The minimum absolute atomic E-state index is 0.204. The van der Waals surface area contributed by atoms with Gasteiger partial charge in [-0.1, -0.05) is 34.6 Å². The lowest BCUT2D eigenvalue weighted by Gasteiger charge is -1.80. The molecular formula is C10H23NO. The lowest BCUT2D eigenvalue weighted by Crippen LogP contribution is -2.12. The van der Waals surface area contributed by atoms with Gasteiger partial charge >= 0.3 is 0 Å². The molecule has 1 rings (SSSR count). The molecule has 2 heteroatoms. The van der Waals surface area contributed by atoms with E-state index in [0.29, 0.717) is 0 Å². The van der Waals surface area contributed by atoms with Gasteiger partial charge in [0.05, 0.1) is 0 Å². The summed E-state index contributed by atoms with van der Waals surface area (Å²) in [4.78, 5) is 10.1. The number of amides is 1. The Morgan fingerprint density at radius 2 is 1.67 bits per heavy atom. The molecule has 1 fully saturated rings. The van der Waals surface area contributed by atoms with Gasteiger partial charge in [0, 0.05) is 13.0 Å². The van der Waals surface area contributed by atoms with Crippen molar-refractivity contribution >= 4 is 5.91 Å². The van der Waals surface area contributed by atoms with Crippen molar-refractivity contribution in [2.45, 2.75) is 47.5 Å². The SMILES string of the molecule is CC.CC(C)C.O=C1CCCN1. The summed E-state index contributed by atoms with van der Waals surface area (Å²) in [6.45, 7) is 11.4. The van der Waals surface area contributed by atoms with Gasteiger partial charge in [-0.05, 0) is 12.3 Å². The molecule has 0 unspecified atom stereocenters. The minimum atomic E-state index is 0.204. The van der Waals surface area contributed by atoms with Gasteiger partial charge in [0.1, 0.15) is 0 Å². The highest BCUT2D eigenvalue weighted by atomic mass is 16.1. The van der Waals surface area contributed by atoms with E-state index in [0.717, 1.165) is 25.3 Å². The molecule has 1 heterocycles. The van der Waals surface area contributed by atoms with Crippen LogP contribution in [0.5, 0.6) is 0 Å². The Morgan fingerprint density at radius 3 is 1.75 bits per heavy atom. The van der Waals surface area contributed by atoms with E-state index in [1.807, 2.05) is 13.8 Å². The molecule has 1 N–H and O–H groups in total. The second kappa shape index (κ2) is 10.5. The van der Waals surface area contributed by atoms with Crippen molar-refractivity contribution < 1.29 is 4.79 Å². The molecule has 1 amide bonds. The summed E-state index contributed by atoms with van der Waals surface area (Å²) in [5.74, 6) is 1.04. The van der Waals surface area contributed by atoms with Crippen molar-refractivity contribution in [1.82, 2.24) is 5.32 Å². The molecule has 1 saturated heterocycles. The quantitative estimate of drug-likeness (QED) is 0.599. The normalized spacial score (nSPS) is 14.0. The van der Waals surface area contributed by atoms with E-state index in [9.17, 15) is 4.79 Å². The van der Waals surface area contributed by atoms with Gasteiger partial charge in [0.2, 0.25) is 5.91 Å². The summed E-state index contributed by atoms with van der Waals surface area (Å²) < 4.78 is 0. The molecule has 1 aliphatic heterocycles. The van der Waals surface area contributed by atoms with Crippen LogP contribution in [-0.2, 0) is 4.79 Å². The van der Waals surface area contributed by atoms with Crippen molar-refractivity contribution in [1.29, 1.82) is 0 Å². The van der Waals surface area contributed by atoms with E-state index in [2.05, 4.69) is 26.1 Å². The molecule has 1 aliphatic rings. The van der Waals surface area contributed by atoms with Crippen LogP contribution < -0.4 is 5.32 Å². The van der Waals surface area contributed by atoms with Gasteiger partial charge in [0.25, 0.3) is 0 Å². The third-order valence-electron chi connectivity index (χ3n) is 0.903. The first kappa shape index (κ1) is 14.0. The van der Waals surface area contributed by atoms with Crippen LogP contribution in [0.1, 0.15) is 47.5 Å². The molecule has 12 heavy (non-hydrogen) atoms. The fourth-order valence-electron chi connectivity index (χ4n) is 0.565. The smallest absolute Gasteiger partial charge is 0.220 e. The first-order valence-corrected chi connectivity index (χ1v) is 4.89. The number of nitrogens with one attached hydrogen (secondary N) is 1. The standard InChI is InChI=1S/C4H7NO.C4H10.C2H6/c6-4-2-1-3-5-4;1-4(2)3;1-2/h1-3H2,(H,5,6);4H,1-3H3;1-2H3. The van der Waals surface area contributed by atoms with Crippen molar-refractivity contribution in [3.63, 3.8) is 0 Å². The number of hydrogen-bond acceptors (Lipinski definition) is 1. The molecule has 0 aromatic rings. The fraction of sp³-hybridized carbons (Fsp3) is 0.900. The Kier molecular flexibility index (Phi) is 12.2. The zero-order valence-corrected chi connectivity index (χ0v) is 9.11. The number of carbonyl (C=O) groups is 1. The van der Waals surface area contributed by atoms with Crippen LogP contribution in [0.4, 0.5) is 0 Å². The Labute approximate surface area is 76.7 Å². The maximum atomic E-state index is 10.1. The lowest BCUT2D eigenvalue weighted by molar-refractivity contribution is -0.119. The number of carbonyl (C=O) groups excluding carboxylic acids is 1. The Balaban J connectivity index is 0. The minimum Gasteiger partial charge on any atom is -0.356 e. The highest BCUT2D eigenvalue weighted by Crippen LogP contribution is 1.93. The van der Waals surface area contributed by atoms with E-state index in [-0.39, 0.29) is 5.91 Å². The molecule has 2 nitrogen and oxygen atoms in total. The molecule has 0 atom stereocenters. The lowest BCUT2D eigenvalue weighted by atomic mass is 10.3. The van der Waals surface area contributed by atoms with E-state index >= 15 is 0 Å². The van der Waals surface area contributed by atoms with E-state index < -0.39 is 0 Å². The van der Waals surface area contributed by atoms with E-state index in [1.165, 1.54) is 0 Å². The highest BCUT2D eigenvalue weighted by Gasteiger charge is 2.05. The second-order valence-electron chi connectivity index (χ2n) is 3.19. The van der Waals surface area contributed by atoms with Crippen LogP contribution in [-0.4, -0.2) is 12.5 Å². The molecule has 0 aromatic heterocycles. The summed E-state index contributed by atoms with van der Waals surface area (Å²) in [5, 5.41) is 2.68. The van der Waals surface area contributed by atoms with Crippen molar-refractivity contribution in [3.05, 3.63) is 0 Å². The molecular weight excluding hydrogens is 150 g/mol. The maximum absolute atomic E-state index is 10.1. The molecule has 0 radical (unpaired) electrons. The first-order valence-electron chi connectivity index (χ1n) is 4.89. The maximum Gasteiger partial charge on any atom is 0.220 e. The van der Waals surface area contributed by atoms with Crippen LogP contribution in [0.25, 0.3) is 0 Å². The van der Waals surface area contributed by atoms with Gasteiger partial charge in [0.15, 0.2) is 0 Å². The molecule has 74 valence electrons. The summed E-state index contributed by atoms with van der Waals surface area (Å²) in [6.07, 6.45) is 1.76. The van der Waals surface area contributed by atoms with E-state index in [4.69, 9.17) is 0 Å². The monoisotopic (exact) mass is 173 g/mol. The van der Waals surface area contributed by atoms with Gasteiger partial charge in [-0.2, -0.15) is 0 Å². The largest absolute Gasteiger partial charge is 0.356 e. The van der Waals surface area contributed by atoms with Gasteiger partial charge in [-0.3, -0.25) is 4.79 Å². The topological polar surface area (TPSA) is 29.1 Å². The van der Waals surface area contributed by atoms with Crippen molar-refractivity contribution in [2.24, 2.45) is 5.92 Å². The Morgan fingerprint density at radius 1 is 1.25 bits per heavy atom. The van der Waals surface area contributed by atoms with Crippen LogP contribution in [0.15, 0.2) is 0 Å². The summed E-state index contributed by atoms with van der Waals surface area (Å²) in [6, 6.07) is 0. The van der Waals surface area contributed by atoms with Crippen molar-refractivity contribution in [2.75, 3.05) is 6.54 Å². The molecule has 0 saturated carbocycles. The molecule has 0 bridgehead atoms. The zero-order chi connectivity index (χ0) is 9.98. The Hall–Kier alpha value is -0.530. The average Bonchev–Trinajstić information content (AvgIpc) is 2.43. The van der Waals surface area contributed by atoms with Gasteiger partial charge < -0.3 is 5.32 Å². The van der Waals surface area contributed by atoms with Crippen LogP contribution in [0.3, 0.4) is 0 Å². The van der Waals surface area contributed by atoms with E-state index in [1.54, 1.807) is 0 Å². The summed E-state index contributed by atoms with van der Waals surface area (Å²) in [7, 11) is 0. The van der Waals surface area contributed by atoms with Crippen LogP contribution >= 0.6 is 0 Å². The molecule has 0 aliphatic carbocycles. The van der Waals surface area contributed by atoms with Gasteiger partial charge in [-0.15, -0.1) is 0 Å². The van der Waals surface area contributed by atoms with Crippen molar-refractivity contribution in [3.8, 4) is 0 Å². The van der Waals surface area contributed by atoms with Crippen LogP contribution in [0, 0.1) is 5.92 Å². The predicted molar refractivity (Wildman–Crippen MR) is 54.1 cm³/mol. The van der Waals surface area contributed by atoms with Gasteiger partial charge in [-0.25, -0.2) is 0 Å². The fourth-order valence-corrected chi connectivity index (χ4v) is 0.565. The second-order valence-corrected chi connectivity index (χ2v) is 3.19. The molecule has 0 aromatic carbocycles. The number of hydrogen-bond donors (Lipinski definition) is 1. The highest BCUT2D eigenvalue weighted by molar-refractivity contribution is 5.77. The Bertz CT molecular complexity index is 89.3. The summed E-state index contributed by atoms with van der Waals surface area (Å²) in [5.41, 5.74) is 0. The molecule has 0 spiro atoms. The van der Waals surface area contributed by atoms with Crippen LogP contribution in [0.2, 0.25) is 0 Å². The third kappa shape index (κ3) is 16.2. The average molecular weight is 173 g/mol. The first-order chi connectivity index (χ1) is 5.63. The zero-order valence-electron chi connectivity index (χ0n) is 9.11.